The van der Waals surface area contributed by atoms with Crippen molar-refractivity contribution in [1.82, 2.24) is 20.8 Å². The molecule has 3 aliphatic heterocycles. The van der Waals surface area contributed by atoms with E-state index >= 15 is 5.21 Å². The zero-order chi connectivity index (χ0) is 41.5. The maximum absolute atomic E-state index is 16.0. The van der Waals surface area contributed by atoms with Gasteiger partial charge in [0.2, 0.25) is 0 Å². The second kappa shape index (κ2) is 16.2. The van der Waals surface area contributed by atoms with Crippen molar-refractivity contribution in [2.75, 3.05) is 22.9 Å². The van der Waals surface area contributed by atoms with Gasteiger partial charge in [-0.15, -0.1) is 0 Å². The van der Waals surface area contributed by atoms with Crippen molar-refractivity contribution in [2.45, 2.75) is 25.0 Å². The molecule has 0 amide bonds. The van der Waals surface area contributed by atoms with E-state index in [-0.39, 0.29) is 6.04 Å². The molecule has 2 saturated heterocycles. The van der Waals surface area contributed by atoms with Crippen molar-refractivity contribution < 1.29 is 0 Å². The van der Waals surface area contributed by atoms with E-state index in [1.165, 1.54) is 0 Å². The molecule has 3 atom stereocenters. The average Bonchev–Trinajstić information content (AvgIpc) is 3.60. The fourth-order valence-electron chi connectivity index (χ4n) is 9.96. The van der Waals surface area contributed by atoms with Crippen LogP contribution in [0.2, 0.25) is 0 Å². The van der Waals surface area contributed by atoms with Crippen LogP contribution in [0.25, 0.3) is 33.4 Å². The number of rotatable bonds is 9. The van der Waals surface area contributed by atoms with Crippen LogP contribution in [-0.2, 0) is 0 Å². The molecule has 0 radical (unpaired) electrons. The van der Waals surface area contributed by atoms with Gasteiger partial charge in [-0.25, -0.2) is 5.43 Å². The highest BCUT2D eigenvalue weighted by atomic mass is 16.6. The van der Waals surface area contributed by atoms with Gasteiger partial charge in [-0.2, -0.15) is 0 Å². The highest BCUT2D eigenvalue weighted by Crippen LogP contribution is 2.56. The molecule has 0 saturated carbocycles. The van der Waals surface area contributed by atoms with E-state index < -0.39 is 10.8 Å². The first kappa shape index (κ1) is 38.1. The van der Waals surface area contributed by atoms with Crippen molar-refractivity contribution in [3.63, 3.8) is 0 Å². The lowest BCUT2D eigenvalue weighted by Gasteiger charge is -2.53. The van der Waals surface area contributed by atoms with Gasteiger partial charge in [0.15, 0.2) is 6.17 Å². The van der Waals surface area contributed by atoms with Crippen LogP contribution in [0.15, 0.2) is 206 Å². The number of piperidine rings is 1. The summed E-state index contributed by atoms with van der Waals surface area (Å²) in [6, 6.07) is 72.4. The quantitative estimate of drug-likeness (QED) is 0.0997. The second-order valence-electron chi connectivity index (χ2n) is 16.6. The fourth-order valence-corrected chi connectivity index (χ4v) is 9.96. The van der Waals surface area contributed by atoms with Gasteiger partial charge in [-0.05, 0) is 145 Å². The third-order valence-corrected chi connectivity index (χ3v) is 13.0. The molecule has 7 nitrogen and oxygen atoms in total. The molecule has 3 unspecified atom stereocenters. The van der Waals surface area contributed by atoms with Crippen molar-refractivity contribution >= 4 is 45.5 Å². The topological polar surface area (TPSA) is 65.6 Å². The second-order valence-corrected chi connectivity index (χ2v) is 16.6. The summed E-state index contributed by atoms with van der Waals surface area (Å²) >= 11 is 0. The summed E-state index contributed by atoms with van der Waals surface area (Å²) < 4.78 is -0.573. The summed E-state index contributed by atoms with van der Waals surface area (Å²) in [5.74, 6) is 0.375. The maximum Gasteiger partial charge on any atom is 0.180 e. The number of hydroxylamine groups is 1. The van der Waals surface area contributed by atoms with Crippen molar-refractivity contribution in [3.8, 4) is 33.4 Å². The van der Waals surface area contributed by atoms with Crippen molar-refractivity contribution in [3.05, 3.63) is 211 Å². The molecule has 3 aliphatic rings. The molecule has 8 aromatic carbocycles. The average molecular weight is 809 g/mol. The number of hydrogen-bond donors (Lipinski definition) is 3. The molecular weight excluding hydrogens is 761 g/mol. The van der Waals surface area contributed by atoms with Crippen LogP contribution in [0.4, 0.5) is 45.5 Å². The third kappa shape index (κ3) is 6.77. The number of nitrogens with one attached hydrogen (secondary N) is 3. The normalized spacial score (nSPS) is 18.6. The Labute approximate surface area is 363 Å². The molecule has 304 valence electrons. The third-order valence-electron chi connectivity index (χ3n) is 13.0. The van der Waals surface area contributed by atoms with Crippen LogP contribution >= 0.6 is 0 Å². The number of hydrogen-bond acceptors (Lipinski definition) is 6. The van der Waals surface area contributed by atoms with Crippen LogP contribution in [0, 0.1) is 11.1 Å². The van der Waals surface area contributed by atoms with E-state index in [4.69, 9.17) is 0 Å². The van der Waals surface area contributed by atoms with Gasteiger partial charge in [0.25, 0.3) is 0 Å². The van der Waals surface area contributed by atoms with E-state index in [1.807, 2.05) is 24.3 Å². The number of hydrazine groups is 1. The first-order chi connectivity index (χ1) is 30.6. The molecule has 8 aromatic rings. The number of para-hydroxylation sites is 4. The Hall–Kier alpha value is -6.84. The van der Waals surface area contributed by atoms with Crippen LogP contribution < -0.4 is 30.6 Å². The van der Waals surface area contributed by atoms with Gasteiger partial charge < -0.3 is 20.3 Å². The lowest BCUT2D eigenvalue weighted by molar-refractivity contribution is 0.100. The van der Waals surface area contributed by atoms with E-state index in [0.717, 1.165) is 105 Å². The lowest BCUT2D eigenvalue weighted by atomic mass is 9.87. The van der Waals surface area contributed by atoms with Crippen molar-refractivity contribution in [2.24, 2.45) is 5.92 Å². The summed E-state index contributed by atoms with van der Waals surface area (Å²) in [7, 11) is 0. The van der Waals surface area contributed by atoms with E-state index in [2.05, 4.69) is 208 Å². The minimum atomic E-state index is -0.573. The smallest absolute Gasteiger partial charge is 0.180 e. The summed E-state index contributed by atoms with van der Waals surface area (Å²) in [5.41, 5.74) is 21.3. The standard InChI is InChI=1S/C55H48N6O/c62-61(55-54-43(38-57-58-55)14-13-35-56-54)52-33-27-41(39-23-29-48(30-24-39)59(44-15-5-1-6-16-44)45-17-7-2-8-18-45)36-50(52)51-37-42(28-34-53(51)61)40-25-31-49(32-26-40)60(46-19-9-3-10-20-46)47-21-11-4-12-22-47/h1-12,15-34,36-37,43,54-58H,13-14,35,38H2. The van der Waals surface area contributed by atoms with E-state index in [9.17, 15) is 0 Å². The molecular formula is C55H48N6O. The molecule has 2 fully saturated rings. The Bertz CT molecular complexity index is 2540. The van der Waals surface area contributed by atoms with Crippen molar-refractivity contribution in [1.29, 1.82) is 0 Å². The molecule has 3 heterocycles. The Morgan fingerprint density at radius 3 is 1.26 bits per heavy atom. The highest BCUT2D eigenvalue weighted by molar-refractivity contribution is 5.99. The Kier molecular flexibility index (Phi) is 9.97. The Morgan fingerprint density at radius 1 is 0.452 bits per heavy atom. The lowest BCUT2D eigenvalue weighted by Crippen LogP contribution is -2.73. The molecule has 0 aromatic heterocycles. The fraction of sp³-hybridized carbons (Fsp3) is 0.127. The predicted molar refractivity (Wildman–Crippen MR) is 256 cm³/mol. The number of fused-ring (bicyclic) bond motifs is 4. The zero-order valence-electron chi connectivity index (χ0n) is 34.4. The van der Waals surface area contributed by atoms with Gasteiger partial charge in [0, 0.05) is 52.8 Å². The minimum Gasteiger partial charge on any atom is -0.621 e. The molecule has 0 aliphatic carbocycles. The molecule has 0 spiro atoms. The summed E-state index contributed by atoms with van der Waals surface area (Å²) in [5, 5.41) is 19.8. The SMILES string of the molecule is [O-][N+]1(C2NNCC3CCCNC32)c2ccc(-c3ccc(N(c4ccccc4)c4ccccc4)cc3)cc2-c2cc(-c3ccc(N(c4ccccc4)c4ccccc4)cc3)ccc21. The molecule has 11 rings (SSSR count). The van der Waals surface area contributed by atoms with Crippen LogP contribution in [0.1, 0.15) is 12.8 Å². The maximum atomic E-state index is 16.0. The van der Waals surface area contributed by atoms with Crippen LogP contribution in [0.3, 0.4) is 0 Å². The minimum absolute atomic E-state index is 0.0371. The zero-order valence-corrected chi connectivity index (χ0v) is 34.4. The molecule has 3 N–H and O–H groups in total. The van der Waals surface area contributed by atoms with Crippen LogP contribution in [0.5, 0.6) is 0 Å². The number of benzene rings is 8. The highest BCUT2D eigenvalue weighted by Gasteiger charge is 2.50. The van der Waals surface area contributed by atoms with E-state index in [0.29, 0.717) is 5.92 Å². The molecule has 0 bridgehead atoms. The molecule has 62 heavy (non-hydrogen) atoms. The summed E-state index contributed by atoms with van der Waals surface area (Å²) in [6.07, 6.45) is 1.78. The first-order valence-electron chi connectivity index (χ1n) is 21.8. The monoisotopic (exact) mass is 808 g/mol. The van der Waals surface area contributed by atoms with Gasteiger partial charge in [-0.3, -0.25) is 10.1 Å². The largest absolute Gasteiger partial charge is 0.621 e. The van der Waals surface area contributed by atoms with Gasteiger partial charge >= 0.3 is 0 Å². The van der Waals surface area contributed by atoms with E-state index in [1.54, 1.807) is 0 Å². The van der Waals surface area contributed by atoms with Gasteiger partial charge in [0.05, 0.1) is 17.2 Å². The number of nitrogens with zero attached hydrogens (tertiary/aromatic N) is 3. The Morgan fingerprint density at radius 2 is 0.839 bits per heavy atom. The molecule has 7 heteroatoms. The summed E-state index contributed by atoms with van der Waals surface area (Å²) in [6.45, 7) is 1.76. The number of quaternary nitrogens is 1. The van der Waals surface area contributed by atoms with Gasteiger partial charge in [0.1, 0.15) is 11.4 Å². The van der Waals surface area contributed by atoms with Gasteiger partial charge in [-0.1, -0.05) is 97.1 Å². The Balaban J connectivity index is 0.985. The number of anilines is 6. The summed E-state index contributed by atoms with van der Waals surface area (Å²) in [4.78, 5) is 4.55. The van der Waals surface area contributed by atoms with Crippen LogP contribution in [-0.4, -0.2) is 25.3 Å². The predicted octanol–water partition coefficient (Wildman–Crippen LogP) is 12.9. The first-order valence-corrected chi connectivity index (χ1v) is 21.8.